The molecular formula is C14H25NO2. The molecule has 17 heavy (non-hydrogen) atoms. The van der Waals surface area contributed by atoms with E-state index in [0.717, 1.165) is 37.8 Å². The highest BCUT2D eigenvalue weighted by atomic mass is 16.4. The molecule has 2 aliphatic rings. The fourth-order valence-electron chi connectivity index (χ4n) is 3.33. The van der Waals surface area contributed by atoms with Crippen molar-refractivity contribution >= 4 is 5.97 Å². The number of likely N-dealkylation sites (tertiary alicyclic amines) is 1. The Labute approximate surface area is 104 Å². The molecule has 98 valence electrons. The average Bonchev–Trinajstić information content (AvgIpc) is 2.32. The molecule has 1 N–H and O–H groups in total. The third kappa shape index (κ3) is 3.44. The Morgan fingerprint density at radius 2 is 1.88 bits per heavy atom. The van der Waals surface area contributed by atoms with Crippen molar-refractivity contribution in [3.05, 3.63) is 0 Å². The van der Waals surface area contributed by atoms with Gasteiger partial charge in [-0.3, -0.25) is 9.69 Å². The minimum atomic E-state index is -0.617. The van der Waals surface area contributed by atoms with Gasteiger partial charge in [-0.15, -0.1) is 0 Å². The van der Waals surface area contributed by atoms with Crippen LogP contribution in [0.2, 0.25) is 0 Å². The first-order valence-electron chi connectivity index (χ1n) is 7.13. The maximum absolute atomic E-state index is 11.2. The Morgan fingerprint density at radius 1 is 1.18 bits per heavy atom. The van der Waals surface area contributed by atoms with E-state index in [1.807, 2.05) is 0 Å². The van der Waals surface area contributed by atoms with Gasteiger partial charge in [0.05, 0.1) is 0 Å². The summed E-state index contributed by atoms with van der Waals surface area (Å²) in [6, 6.07) is -0.205. The Kier molecular flexibility index (Phi) is 4.43. The first kappa shape index (κ1) is 12.9. The summed E-state index contributed by atoms with van der Waals surface area (Å²) in [5.74, 6) is 1.00. The SMILES string of the molecule is CC1CCC(CN2CCCCC2C(=O)O)CC1. The Morgan fingerprint density at radius 3 is 2.53 bits per heavy atom. The molecule has 0 radical (unpaired) electrons. The average molecular weight is 239 g/mol. The number of carbonyl (C=O) groups is 1. The minimum Gasteiger partial charge on any atom is -0.480 e. The van der Waals surface area contributed by atoms with Gasteiger partial charge in [0, 0.05) is 6.54 Å². The third-order valence-electron chi connectivity index (χ3n) is 4.53. The van der Waals surface area contributed by atoms with Crippen LogP contribution in [0.25, 0.3) is 0 Å². The van der Waals surface area contributed by atoms with Gasteiger partial charge in [0.1, 0.15) is 6.04 Å². The highest BCUT2D eigenvalue weighted by molar-refractivity contribution is 5.73. The smallest absolute Gasteiger partial charge is 0.320 e. The first-order chi connectivity index (χ1) is 8.16. The normalized spacial score (nSPS) is 35.7. The van der Waals surface area contributed by atoms with Crippen molar-refractivity contribution in [3.63, 3.8) is 0 Å². The summed E-state index contributed by atoms with van der Waals surface area (Å²) in [5.41, 5.74) is 0. The molecular weight excluding hydrogens is 214 g/mol. The van der Waals surface area contributed by atoms with Crippen molar-refractivity contribution in [2.75, 3.05) is 13.1 Å². The zero-order valence-electron chi connectivity index (χ0n) is 10.9. The Balaban J connectivity index is 1.85. The maximum atomic E-state index is 11.2. The zero-order valence-corrected chi connectivity index (χ0v) is 10.9. The van der Waals surface area contributed by atoms with Gasteiger partial charge in [0.25, 0.3) is 0 Å². The van der Waals surface area contributed by atoms with E-state index >= 15 is 0 Å². The fourth-order valence-corrected chi connectivity index (χ4v) is 3.33. The van der Waals surface area contributed by atoms with Crippen LogP contribution in [-0.2, 0) is 4.79 Å². The number of hydrogen-bond donors (Lipinski definition) is 1. The van der Waals surface area contributed by atoms with Crippen LogP contribution in [0, 0.1) is 11.8 Å². The largest absolute Gasteiger partial charge is 0.480 e. The number of aliphatic carboxylic acids is 1. The van der Waals surface area contributed by atoms with Gasteiger partial charge in [-0.1, -0.05) is 26.2 Å². The summed E-state index contributed by atoms with van der Waals surface area (Å²) in [6.45, 7) is 4.34. The highest BCUT2D eigenvalue weighted by Crippen LogP contribution is 2.30. The summed E-state index contributed by atoms with van der Waals surface area (Å²) in [7, 11) is 0. The van der Waals surface area contributed by atoms with E-state index in [1.54, 1.807) is 0 Å². The number of carboxylic acid groups (broad SMARTS) is 1. The van der Waals surface area contributed by atoms with Crippen LogP contribution < -0.4 is 0 Å². The molecule has 3 nitrogen and oxygen atoms in total. The van der Waals surface area contributed by atoms with E-state index in [2.05, 4.69) is 11.8 Å². The molecule has 1 saturated carbocycles. The fraction of sp³-hybridized carbons (Fsp3) is 0.929. The van der Waals surface area contributed by atoms with Crippen molar-refractivity contribution in [2.24, 2.45) is 11.8 Å². The predicted molar refractivity (Wildman–Crippen MR) is 68.0 cm³/mol. The number of rotatable bonds is 3. The topological polar surface area (TPSA) is 40.5 Å². The van der Waals surface area contributed by atoms with Crippen molar-refractivity contribution in [2.45, 2.75) is 57.9 Å². The van der Waals surface area contributed by atoms with E-state index in [-0.39, 0.29) is 6.04 Å². The quantitative estimate of drug-likeness (QED) is 0.823. The lowest BCUT2D eigenvalue weighted by molar-refractivity contribution is -0.145. The molecule has 1 atom stereocenters. The minimum absolute atomic E-state index is 0.205. The van der Waals surface area contributed by atoms with Crippen molar-refractivity contribution in [1.29, 1.82) is 0 Å². The molecule has 0 amide bonds. The molecule has 2 rings (SSSR count). The molecule has 0 spiro atoms. The molecule has 1 saturated heterocycles. The lowest BCUT2D eigenvalue weighted by Gasteiger charge is -2.37. The molecule has 0 bridgehead atoms. The standard InChI is InChI=1S/C14H25NO2/c1-11-5-7-12(8-6-11)10-15-9-3-2-4-13(15)14(16)17/h11-13H,2-10H2,1H3,(H,16,17). The van der Waals surface area contributed by atoms with Crippen LogP contribution in [0.5, 0.6) is 0 Å². The summed E-state index contributed by atoms with van der Waals surface area (Å²) in [4.78, 5) is 13.4. The molecule has 2 fully saturated rings. The zero-order chi connectivity index (χ0) is 12.3. The van der Waals surface area contributed by atoms with Crippen LogP contribution in [0.3, 0.4) is 0 Å². The van der Waals surface area contributed by atoms with Gasteiger partial charge in [-0.2, -0.15) is 0 Å². The summed E-state index contributed by atoms with van der Waals surface area (Å²) in [6.07, 6.45) is 8.35. The third-order valence-corrected chi connectivity index (χ3v) is 4.53. The molecule has 0 aromatic heterocycles. The molecule has 1 unspecified atom stereocenters. The molecule has 0 aromatic carbocycles. The second kappa shape index (κ2) is 5.85. The van der Waals surface area contributed by atoms with Gasteiger partial charge in [0.15, 0.2) is 0 Å². The Bertz CT molecular complexity index is 259. The van der Waals surface area contributed by atoms with Crippen LogP contribution in [0.4, 0.5) is 0 Å². The van der Waals surface area contributed by atoms with Gasteiger partial charge >= 0.3 is 5.97 Å². The Hall–Kier alpha value is -0.570. The van der Waals surface area contributed by atoms with Crippen molar-refractivity contribution in [1.82, 2.24) is 4.90 Å². The van der Waals surface area contributed by atoms with Crippen LogP contribution in [0.1, 0.15) is 51.9 Å². The van der Waals surface area contributed by atoms with Crippen LogP contribution in [-0.4, -0.2) is 35.1 Å². The van der Waals surface area contributed by atoms with Gasteiger partial charge in [-0.05, 0) is 44.1 Å². The highest BCUT2D eigenvalue weighted by Gasteiger charge is 2.30. The van der Waals surface area contributed by atoms with Crippen molar-refractivity contribution < 1.29 is 9.90 Å². The van der Waals surface area contributed by atoms with E-state index in [0.29, 0.717) is 0 Å². The summed E-state index contributed by atoms with van der Waals surface area (Å²) >= 11 is 0. The van der Waals surface area contributed by atoms with Crippen LogP contribution in [0.15, 0.2) is 0 Å². The number of carboxylic acids is 1. The summed E-state index contributed by atoms with van der Waals surface area (Å²) in [5, 5.41) is 9.24. The molecule has 1 heterocycles. The maximum Gasteiger partial charge on any atom is 0.320 e. The van der Waals surface area contributed by atoms with Gasteiger partial charge in [-0.25, -0.2) is 0 Å². The number of nitrogens with zero attached hydrogens (tertiary/aromatic N) is 1. The molecule has 1 aliphatic heterocycles. The first-order valence-corrected chi connectivity index (χ1v) is 7.13. The lowest BCUT2D eigenvalue weighted by Crippen LogP contribution is -2.47. The molecule has 3 heteroatoms. The van der Waals surface area contributed by atoms with E-state index < -0.39 is 5.97 Å². The van der Waals surface area contributed by atoms with Crippen molar-refractivity contribution in [3.8, 4) is 0 Å². The predicted octanol–water partition coefficient (Wildman–Crippen LogP) is 2.75. The summed E-state index contributed by atoms with van der Waals surface area (Å²) < 4.78 is 0. The monoisotopic (exact) mass is 239 g/mol. The number of hydrogen-bond acceptors (Lipinski definition) is 2. The van der Waals surface area contributed by atoms with E-state index in [4.69, 9.17) is 0 Å². The van der Waals surface area contributed by atoms with E-state index in [1.165, 1.54) is 32.1 Å². The van der Waals surface area contributed by atoms with E-state index in [9.17, 15) is 9.90 Å². The molecule has 1 aliphatic carbocycles. The van der Waals surface area contributed by atoms with Gasteiger partial charge in [0.2, 0.25) is 0 Å². The van der Waals surface area contributed by atoms with Crippen LogP contribution >= 0.6 is 0 Å². The second-order valence-corrected chi connectivity index (χ2v) is 5.97. The molecule has 0 aromatic rings. The lowest BCUT2D eigenvalue weighted by atomic mass is 9.82. The number of piperidine rings is 1. The van der Waals surface area contributed by atoms with Gasteiger partial charge < -0.3 is 5.11 Å². The second-order valence-electron chi connectivity index (χ2n) is 5.97.